The van der Waals surface area contributed by atoms with Crippen LogP contribution in [0.1, 0.15) is 13.8 Å². The number of anilines is 1. The van der Waals surface area contributed by atoms with Gasteiger partial charge in [0.2, 0.25) is 0 Å². The highest BCUT2D eigenvalue weighted by molar-refractivity contribution is 6.08. The van der Waals surface area contributed by atoms with E-state index in [1.165, 1.54) is 13.8 Å². The summed E-state index contributed by atoms with van der Waals surface area (Å²) < 4.78 is 0. The first-order chi connectivity index (χ1) is 9.49. The molecular weight excluding hydrogens is 256 g/mol. The summed E-state index contributed by atoms with van der Waals surface area (Å²) in [5.74, 6) is -1.52. The van der Waals surface area contributed by atoms with Crippen LogP contribution in [0.4, 0.5) is 5.69 Å². The molecule has 0 radical (unpaired) electrons. The van der Waals surface area contributed by atoms with Gasteiger partial charge in [0.25, 0.3) is 5.91 Å². The molecule has 0 aliphatic rings. The zero-order valence-electron chi connectivity index (χ0n) is 11.2. The predicted molar refractivity (Wildman–Crippen MR) is 76.4 cm³/mol. The lowest BCUT2D eigenvalue weighted by Crippen LogP contribution is -2.16. The highest BCUT2D eigenvalue weighted by Crippen LogP contribution is 2.18. The molecule has 2 aromatic rings. The van der Waals surface area contributed by atoms with Crippen molar-refractivity contribution in [1.29, 1.82) is 0 Å². The van der Waals surface area contributed by atoms with Crippen molar-refractivity contribution < 1.29 is 14.7 Å². The van der Waals surface area contributed by atoms with Crippen molar-refractivity contribution in [3.05, 3.63) is 47.7 Å². The molecule has 0 saturated heterocycles. The molecule has 5 heteroatoms. The Kier molecular flexibility index (Phi) is 3.79. The molecular formula is C15H14N2O3. The monoisotopic (exact) mass is 270 g/mol. The maximum atomic E-state index is 11.9. The normalized spacial score (nSPS) is 11.9. The molecule has 102 valence electrons. The van der Waals surface area contributed by atoms with E-state index in [-0.39, 0.29) is 11.1 Å². The minimum atomic E-state index is -1.10. The van der Waals surface area contributed by atoms with E-state index in [0.717, 1.165) is 10.9 Å². The smallest absolute Gasteiger partial charge is 0.331 e. The van der Waals surface area contributed by atoms with Gasteiger partial charge in [-0.3, -0.25) is 9.78 Å². The predicted octanol–water partition coefficient (Wildman–Crippen LogP) is 2.59. The van der Waals surface area contributed by atoms with E-state index in [4.69, 9.17) is 5.11 Å². The van der Waals surface area contributed by atoms with Gasteiger partial charge in [-0.25, -0.2) is 4.79 Å². The number of hydrogen-bond acceptors (Lipinski definition) is 3. The summed E-state index contributed by atoms with van der Waals surface area (Å²) in [4.78, 5) is 27.0. The third-order valence-corrected chi connectivity index (χ3v) is 3.08. The minimum absolute atomic E-state index is 0.0324. The summed E-state index contributed by atoms with van der Waals surface area (Å²) in [6.07, 6.45) is 1.70. The topological polar surface area (TPSA) is 79.3 Å². The maximum Gasteiger partial charge on any atom is 0.331 e. The maximum absolute atomic E-state index is 11.9. The van der Waals surface area contributed by atoms with Crippen LogP contribution in [0.15, 0.2) is 47.7 Å². The Morgan fingerprint density at radius 3 is 2.60 bits per heavy atom. The lowest BCUT2D eigenvalue weighted by Gasteiger charge is -2.07. The first kappa shape index (κ1) is 13.7. The molecule has 2 N–H and O–H groups in total. The summed E-state index contributed by atoms with van der Waals surface area (Å²) in [7, 11) is 0. The van der Waals surface area contributed by atoms with E-state index in [9.17, 15) is 9.59 Å². The molecule has 0 fully saturated rings. The average Bonchev–Trinajstić information content (AvgIpc) is 2.45. The Balaban J connectivity index is 2.26. The molecule has 0 aliphatic carbocycles. The second-order valence-electron chi connectivity index (χ2n) is 4.42. The molecule has 20 heavy (non-hydrogen) atoms. The Labute approximate surface area is 115 Å². The van der Waals surface area contributed by atoms with Crippen LogP contribution in [0.5, 0.6) is 0 Å². The summed E-state index contributed by atoms with van der Waals surface area (Å²) >= 11 is 0. The SMILES string of the molecule is CC(C(=O)O)=C(C)C(=O)Nc1ccc2ncccc2c1. The molecule has 0 aliphatic heterocycles. The van der Waals surface area contributed by atoms with E-state index in [0.29, 0.717) is 5.69 Å². The molecule has 0 bridgehead atoms. The zero-order valence-corrected chi connectivity index (χ0v) is 11.2. The number of carboxylic acid groups (broad SMARTS) is 1. The number of aromatic nitrogens is 1. The fourth-order valence-electron chi connectivity index (χ4n) is 1.71. The number of hydrogen-bond donors (Lipinski definition) is 2. The molecule has 1 heterocycles. The highest BCUT2D eigenvalue weighted by Gasteiger charge is 2.12. The van der Waals surface area contributed by atoms with Gasteiger partial charge in [-0.05, 0) is 38.1 Å². The van der Waals surface area contributed by atoms with Crippen molar-refractivity contribution in [1.82, 2.24) is 4.98 Å². The van der Waals surface area contributed by atoms with Crippen LogP contribution >= 0.6 is 0 Å². The van der Waals surface area contributed by atoms with Crippen molar-refractivity contribution in [3.8, 4) is 0 Å². The van der Waals surface area contributed by atoms with Gasteiger partial charge >= 0.3 is 5.97 Å². The Morgan fingerprint density at radius 1 is 1.15 bits per heavy atom. The average molecular weight is 270 g/mol. The van der Waals surface area contributed by atoms with Gasteiger partial charge in [-0.15, -0.1) is 0 Å². The number of fused-ring (bicyclic) bond motifs is 1. The first-order valence-electron chi connectivity index (χ1n) is 6.06. The summed E-state index contributed by atoms with van der Waals surface area (Å²) in [5.41, 5.74) is 1.65. The van der Waals surface area contributed by atoms with Crippen LogP contribution in [-0.2, 0) is 9.59 Å². The molecule has 1 amide bonds. The minimum Gasteiger partial charge on any atom is -0.478 e. The van der Waals surface area contributed by atoms with E-state index in [1.807, 2.05) is 12.1 Å². The lowest BCUT2D eigenvalue weighted by atomic mass is 10.1. The molecule has 0 spiro atoms. The van der Waals surface area contributed by atoms with Gasteiger partial charge in [-0.1, -0.05) is 6.07 Å². The number of carbonyl (C=O) groups excluding carboxylic acids is 1. The molecule has 0 atom stereocenters. The largest absolute Gasteiger partial charge is 0.478 e. The van der Waals surface area contributed by atoms with Crippen LogP contribution in [0.3, 0.4) is 0 Å². The van der Waals surface area contributed by atoms with Gasteiger partial charge < -0.3 is 10.4 Å². The zero-order chi connectivity index (χ0) is 14.7. The Morgan fingerprint density at radius 2 is 1.90 bits per heavy atom. The Bertz CT molecular complexity index is 720. The van der Waals surface area contributed by atoms with Crippen molar-refractivity contribution in [2.24, 2.45) is 0 Å². The van der Waals surface area contributed by atoms with Crippen molar-refractivity contribution in [2.75, 3.05) is 5.32 Å². The fraction of sp³-hybridized carbons (Fsp3) is 0.133. The van der Waals surface area contributed by atoms with E-state index in [1.54, 1.807) is 24.4 Å². The molecule has 0 unspecified atom stereocenters. The fourth-order valence-corrected chi connectivity index (χ4v) is 1.71. The lowest BCUT2D eigenvalue weighted by molar-refractivity contribution is -0.133. The van der Waals surface area contributed by atoms with Crippen LogP contribution in [0.25, 0.3) is 10.9 Å². The number of nitrogens with one attached hydrogen (secondary N) is 1. The van der Waals surface area contributed by atoms with Gasteiger partial charge in [-0.2, -0.15) is 0 Å². The summed E-state index contributed by atoms with van der Waals surface area (Å²) in [6, 6.07) is 9.03. The second-order valence-corrected chi connectivity index (χ2v) is 4.42. The van der Waals surface area contributed by atoms with E-state index in [2.05, 4.69) is 10.3 Å². The number of benzene rings is 1. The number of amides is 1. The first-order valence-corrected chi connectivity index (χ1v) is 6.06. The van der Waals surface area contributed by atoms with E-state index < -0.39 is 11.9 Å². The third kappa shape index (κ3) is 2.83. The summed E-state index contributed by atoms with van der Waals surface area (Å²) in [6.45, 7) is 2.89. The van der Waals surface area contributed by atoms with Gasteiger partial charge in [0, 0.05) is 28.4 Å². The van der Waals surface area contributed by atoms with Crippen molar-refractivity contribution in [2.45, 2.75) is 13.8 Å². The van der Waals surface area contributed by atoms with Crippen molar-refractivity contribution >= 4 is 28.5 Å². The molecule has 2 rings (SSSR count). The van der Waals surface area contributed by atoms with Crippen LogP contribution < -0.4 is 5.32 Å². The third-order valence-electron chi connectivity index (χ3n) is 3.08. The number of pyridine rings is 1. The van der Waals surface area contributed by atoms with Gasteiger partial charge in [0.05, 0.1) is 5.52 Å². The number of rotatable bonds is 3. The standard InChI is InChI=1S/C15H14N2O3/c1-9(10(2)15(19)20)14(18)17-12-5-6-13-11(8-12)4-3-7-16-13/h3-8H,1-2H3,(H,17,18)(H,19,20). The highest BCUT2D eigenvalue weighted by atomic mass is 16.4. The van der Waals surface area contributed by atoms with Crippen molar-refractivity contribution in [3.63, 3.8) is 0 Å². The number of aliphatic carboxylic acids is 1. The van der Waals surface area contributed by atoms with E-state index >= 15 is 0 Å². The molecule has 0 saturated carbocycles. The summed E-state index contributed by atoms with van der Waals surface area (Å²) in [5, 5.41) is 12.4. The molecule has 1 aromatic heterocycles. The second kappa shape index (κ2) is 5.52. The van der Waals surface area contributed by atoms with Crippen LogP contribution in [0.2, 0.25) is 0 Å². The van der Waals surface area contributed by atoms with Crippen LogP contribution in [0, 0.1) is 0 Å². The van der Waals surface area contributed by atoms with Gasteiger partial charge in [0.15, 0.2) is 0 Å². The quantitative estimate of drug-likeness (QED) is 0.840. The van der Waals surface area contributed by atoms with Crippen LogP contribution in [-0.4, -0.2) is 22.0 Å². The number of nitrogens with zero attached hydrogens (tertiary/aromatic N) is 1. The molecule has 1 aromatic carbocycles. The number of carbonyl (C=O) groups is 2. The number of carboxylic acids is 1. The van der Waals surface area contributed by atoms with Gasteiger partial charge in [0.1, 0.15) is 0 Å². The molecule has 5 nitrogen and oxygen atoms in total. The Hall–Kier alpha value is -2.69.